The minimum atomic E-state index is -0.889. The molecule has 0 saturated carbocycles. The molecule has 1 atom stereocenters. The second kappa shape index (κ2) is 8.83. The number of benzene rings is 3. The molecule has 178 valence electrons. The molecule has 0 bridgehead atoms. The van der Waals surface area contributed by atoms with Crippen molar-refractivity contribution in [1.82, 2.24) is 0 Å². The summed E-state index contributed by atoms with van der Waals surface area (Å²) in [5, 5.41) is 11.4. The monoisotopic (exact) mass is 471 g/mol. The van der Waals surface area contributed by atoms with Crippen LogP contribution in [0.15, 0.2) is 66.2 Å². The molecule has 3 aromatic rings. The number of methoxy groups -OCH3 is 1. The molecule has 1 saturated heterocycles. The van der Waals surface area contributed by atoms with E-state index >= 15 is 0 Å². The van der Waals surface area contributed by atoms with Crippen molar-refractivity contribution >= 4 is 23.1 Å². The fourth-order valence-corrected chi connectivity index (χ4v) is 4.61. The molecule has 3 aromatic carbocycles. The van der Waals surface area contributed by atoms with Crippen molar-refractivity contribution in [1.29, 1.82) is 0 Å². The van der Waals surface area contributed by atoms with Crippen LogP contribution in [0.5, 0.6) is 17.2 Å². The summed E-state index contributed by atoms with van der Waals surface area (Å²) in [5.74, 6) is -0.238. The number of ether oxygens (including phenoxy) is 3. The third-order valence-electron chi connectivity index (χ3n) is 6.53. The van der Waals surface area contributed by atoms with Crippen molar-refractivity contribution in [2.75, 3.05) is 25.2 Å². The normalized spacial score (nSPS) is 18.6. The standard InChI is InChI=1S/C28H25NO6/c1-16-7-6-9-20(17(16)2)29-25(19-8-4-5-10-21(19)33-3)24(27(31)28(29)32)26(30)18-11-12-22-23(15-18)35-14-13-34-22/h4-12,15,25,30H,13-14H2,1-3H3/b26-24+. The number of Topliss-reactive ketones (excluding diaryl/α,β-unsaturated/α-hetero) is 1. The maximum absolute atomic E-state index is 13.5. The first kappa shape index (κ1) is 22.5. The van der Waals surface area contributed by atoms with Gasteiger partial charge in [0.2, 0.25) is 0 Å². The van der Waals surface area contributed by atoms with Gasteiger partial charge in [0.25, 0.3) is 11.7 Å². The zero-order chi connectivity index (χ0) is 24.7. The molecule has 7 heteroatoms. The van der Waals surface area contributed by atoms with Crippen LogP contribution in [0, 0.1) is 13.8 Å². The Labute approximate surface area is 203 Å². The highest BCUT2D eigenvalue weighted by molar-refractivity contribution is 6.51. The van der Waals surface area contributed by atoms with Crippen LogP contribution >= 0.6 is 0 Å². The lowest BCUT2D eigenvalue weighted by molar-refractivity contribution is -0.132. The van der Waals surface area contributed by atoms with E-state index in [0.29, 0.717) is 47.3 Å². The number of aliphatic hydroxyl groups is 1. The van der Waals surface area contributed by atoms with Gasteiger partial charge >= 0.3 is 0 Å². The quantitative estimate of drug-likeness (QED) is 0.337. The number of hydrogen-bond donors (Lipinski definition) is 1. The first-order valence-electron chi connectivity index (χ1n) is 11.3. The van der Waals surface area contributed by atoms with Gasteiger partial charge < -0.3 is 19.3 Å². The highest BCUT2D eigenvalue weighted by Crippen LogP contribution is 2.46. The molecule has 5 rings (SSSR count). The van der Waals surface area contributed by atoms with E-state index in [2.05, 4.69) is 0 Å². The van der Waals surface area contributed by atoms with Crippen molar-refractivity contribution in [2.24, 2.45) is 0 Å². The summed E-state index contributed by atoms with van der Waals surface area (Å²) in [5.41, 5.74) is 3.38. The lowest BCUT2D eigenvalue weighted by Gasteiger charge is -2.28. The summed E-state index contributed by atoms with van der Waals surface area (Å²) in [6.45, 7) is 4.68. The first-order chi connectivity index (χ1) is 16.9. The Morgan fingerprint density at radius 1 is 0.971 bits per heavy atom. The molecule has 35 heavy (non-hydrogen) atoms. The predicted octanol–water partition coefficient (Wildman–Crippen LogP) is 4.71. The number of amides is 1. The molecule has 7 nitrogen and oxygen atoms in total. The van der Waals surface area contributed by atoms with Crippen LogP contribution in [0.2, 0.25) is 0 Å². The number of para-hydroxylation sites is 1. The van der Waals surface area contributed by atoms with E-state index in [9.17, 15) is 14.7 Å². The minimum Gasteiger partial charge on any atom is -0.507 e. The summed E-state index contributed by atoms with van der Waals surface area (Å²) in [6.07, 6.45) is 0. The summed E-state index contributed by atoms with van der Waals surface area (Å²) >= 11 is 0. The number of fused-ring (bicyclic) bond motifs is 1. The van der Waals surface area contributed by atoms with E-state index in [1.807, 2.05) is 38.1 Å². The zero-order valence-corrected chi connectivity index (χ0v) is 19.7. The Kier molecular flexibility index (Phi) is 5.68. The number of carbonyl (C=O) groups is 2. The fraction of sp³-hybridized carbons (Fsp3) is 0.214. The van der Waals surface area contributed by atoms with E-state index in [4.69, 9.17) is 14.2 Å². The Morgan fingerprint density at radius 2 is 1.71 bits per heavy atom. The number of anilines is 1. The summed E-state index contributed by atoms with van der Waals surface area (Å²) in [4.78, 5) is 28.4. The molecule has 2 heterocycles. The van der Waals surface area contributed by atoms with Crippen LogP contribution in [0.25, 0.3) is 5.76 Å². The lowest BCUT2D eigenvalue weighted by atomic mass is 9.94. The molecule has 0 spiro atoms. The van der Waals surface area contributed by atoms with E-state index in [-0.39, 0.29) is 11.3 Å². The van der Waals surface area contributed by atoms with Gasteiger partial charge in [-0.05, 0) is 55.3 Å². The molecule has 1 unspecified atom stereocenters. The van der Waals surface area contributed by atoms with Gasteiger partial charge in [0.05, 0.1) is 18.7 Å². The highest BCUT2D eigenvalue weighted by atomic mass is 16.6. The van der Waals surface area contributed by atoms with Gasteiger partial charge in [0.1, 0.15) is 24.7 Å². The van der Waals surface area contributed by atoms with Gasteiger partial charge in [-0.15, -0.1) is 0 Å². The van der Waals surface area contributed by atoms with Crippen molar-refractivity contribution in [3.8, 4) is 17.2 Å². The molecular formula is C28H25NO6. The molecule has 1 N–H and O–H groups in total. The van der Waals surface area contributed by atoms with Crippen LogP contribution in [0.1, 0.15) is 28.3 Å². The number of carbonyl (C=O) groups excluding carboxylic acids is 2. The third kappa shape index (κ3) is 3.69. The maximum Gasteiger partial charge on any atom is 0.300 e. The lowest BCUT2D eigenvalue weighted by Crippen LogP contribution is -2.30. The molecule has 1 fully saturated rings. The van der Waals surface area contributed by atoms with Gasteiger partial charge in [-0.2, -0.15) is 0 Å². The van der Waals surface area contributed by atoms with Crippen LogP contribution in [-0.2, 0) is 9.59 Å². The largest absolute Gasteiger partial charge is 0.507 e. The molecular weight excluding hydrogens is 446 g/mol. The Balaban J connectivity index is 1.75. The number of aliphatic hydroxyl groups excluding tert-OH is 1. The topological polar surface area (TPSA) is 85.3 Å². The Hall–Kier alpha value is -4.26. The average Bonchev–Trinajstić information content (AvgIpc) is 3.14. The van der Waals surface area contributed by atoms with Crippen molar-refractivity contribution in [3.63, 3.8) is 0 Å². The zero-order valence-electron chi connectivity index (χ0n) is 19.7. The second-order valence-corrected chi connectivity index (χ2v) is 8.49. The predicted molar refractivity (Wildman–Crippen MR) is 131 cm³/mol. The number of rotatable bonds is 4. The third-order valence-corrected chi connectivity index (χ3v) is 6.53. The Bertz CT molecular complexity index is 1380. The van der Waals surface area contributed by atoms with Crippen LogP contribution < -0.4 is 19.1 Å². The minimum absolute atomic E-state index is 0.0166. The van der Waals surface area contributed by atoms with E-state index in [0.717, 1.165) is 11.1 Å². The van der Waals surface area contributed by atoms with Gasteiger partial charge in [-0.25, -0.2) is 0 Å². The summed E-state index contributed by atoms with van der Waals surface area (Å²) in [6, 6.07) is 16.8. The molecule has 0 radical (unpaired) electrons. The van der Waals surface area contributed by atoms with Crippen molar-refractivity contribution < 1.29 is 28.9 Å². The number of ketones is 1. The van der Waals surface area contributed by atoms with E-state index in [1.54, 1.807) is 36.4 Å². The Morgan fingerprint density at radius 3 is 2.49 bits per heavy atom. The summed E-state index contributed by atoms with van der Waals surface area (Å²) in [7, 11) is 1.53. The van der Waals surface area contributed by atoms with Crippen molar-refractivity contribution in [2.45, 2.75) is 19.9 Å². The fourth-order valence-electron chi connectivity index (χ4n) is 4.61. The van der Waals surface area contributed by atoms with Crippen LogP contribution in [0.4, 0.5) is 5.69 Å². The smallest absolute Gasteiger partial charge is 0.300 e. The SMILES string of the molecule is COc1ccccc1C1/C(=C(\O)c2ccc3c(c2)OCCO3)C(=O)C(=O)N1c1cccc(C)c1C. The van der Waals surface area contributed by atoms with Gasteiger partial charge in [-0.3, -0.25) is 14.5 Å². The second-order valence-electron chi connectivity index (χ2n) is 8.49. The molecule has 1 amide bonds. The number of nitrogens with zero attached hydrogens (tertiary/aromatic N) is 1. The molecule has 2 aliphatic heterocycles. The van der Waals surface area contributed by atoms with Crippen molar-refractivity contribution in [3.05, 3.63) is 88.5 Å². The van der Waals surface area contributed by atoms with E-state index < -0.39 is 17.7 Å². The van der Waals surface area contributed by atoms with Gasteiger partial charge in [0.15, 0.2) is 11.5 Å². The molecule has 2 aliphatic rings. The summed E-state index contributed by atoms with van der Waals surface area (Å²) < 4.78 is 16.8. The maximum atomic E-state index is 13.5. The van der Waals surface area contributed by atoms with Crippen LogP contribution in [0.3, 0.4) is 0 Å². The highest BCUT2D eigenvalue weighted by Gasteiger charge is 2.48. The van der Waals surface area contributed by atoms with Gasteiger partial charge in [0, 0.05) is 16.8 Å². The molecule has 0 aromatic heterocycles. The number of hydrogen-bond acceptors (Lipinski definition) is 6. The first-order valence-corrected chi connectivity index (χ1v) is 11.3. The van der Waals surface area contributed by atoms with E-state index in [1.165, 1.54) is 12.0 Å². The van der Waals surface area contributed by atoms with Crippen LogP contribution in [-0.4, -0.2) is 37.1 Å². The number of aryl methyl sites for hydroxylation is 1. The van der Waals surface area contributed by atoms with Gasteiger partial charge in [-0.1, -0.05) is 30.3 Å². The molecule has 0 aliphatic carbocycles. The average molecular weight is 472 g/mol.